The minimum absolute atomic E-state index is 0.125. The summed E-state index contributed by atoms with van der Waals surface area (Å²) in [5.74, 6) is 0. The van der Waals surface area contributed by atoms with Crippen molar-refractivity contribution in [2.75, 3.05) is 7.05 Å². The predicted molar refractivity (Wildman–Crippen MR) is 66.0 cm³/mol. The number of rotatable bonds is 4. The number of sulfonamides is 1. The van der Waals surface area contributed by atoms with Crippen molar-refractivity contribution in [2.45, 2.75) is 30.9 Å². The van der Waals surface area contributed by atoms with Crippen LogP contribution in [-0.4, -0.2) is 26.6 Å². The molecule has 2 unspecified atom stereocenters. The first-order valence-corrected chi connectivity index (χ1v) is 6.75. The van der Waals surface area contributed by atoms with Crippen LogP contribution in [0.15, 0.2) is 23.1 Å². The molecular formula is C11H18N2O3S. The molecule has 2 atom stereocenters. The maximum atomic E-state index is 11.6. The van der Waals surface area contributed by atoms with Gasteiger partial charge in [0.2, 0.25) is 10.0 Å². The fourth-order valence-electron chi connectivity index (χ4n) is 1.51. The summed E-state index contributed by atoms with van der Waals surface area (Å²) in [6, 6.07) is 4.15. The van der Waals surface area contributed by atoms with Gasteiger partial charge in [-0.15, -0.1) is 0 Å². The minimum atomic E-state index is -3.50. The van der Waals surface area contributed by atoms with E-state index in [-0.39, 0.29) is 4.90 Å². The second kappa shape index (κ2) is 5.14. The summed E-state index contributed by atoms with van der Waals surface area (Å²) in [5, 5.41) is 9.90. The van der Waals surface area contributed by atoms with Crippen LogP contribution < -0.4 is 10.5 Å². The van der Waals surface area contributed by atoms with Gasteiger partial charge >= 0.3 is 0 Å². The molecule has 0 amide bonds. The minimum Gasteiger partial charge on any atom is -0.387 e. The van der Waals surface area contributed by atoms with Gasteiger partial charge in [0.25, 0.3) is 0 Å². The van der Waals surface area contributed by atoms with Gasteiger partial charge in [-0.25, -0.2) is 13.1 Å². The highest BCUT2D eigenvalue weighted by Crippen LogP contribution is 2.23. The number of hydrogen-bond acceptors (Lipinski definition) is 4. The van der Waals surface area contributed by atoms with Crippen LogP contribution in [-0.2, 0) is 10.0 Å². The number of nitrogens with one attached hydrogen (secondary N) is 1. The third-order valence-electron chi connectivity index (χ3n) is 2.65. The molecule has 0 spiro atoms. The van der Waals surface area contributed by atoms with Gasteiger partial charge in [-0.3, -0.25) is 0 Å². The van der Waals surface area contributed by atoms with Crippen molar-refractivity contribution < 1.29 is 13.5 Å². The summed E-state index contributed by atoms with van der Waals surface area (Å²) in [6.45, 7) is 3.47. The largest absolute Gasteiger partial charge is 0.387 e. The third-order valence-corrected chi connectivity index (χ3v) is 4.06. The molecule has 0 aliphatic heterocycles. The molecule has 0 bridgehead atoms. The molecule has 0 saturated carbocycles. The summed E-state index contributed by atoms with van der Waals surface area (Å²) in [5.41, 5.74) is 6.96. The molecular weight excluding hydrogens is 240 g/mol. The van der Waals surface area contributed by atoms with Gasteiger partial charge in [-0.2, -0.15) is 0 Å². The third kappa shape index (κ3) is 3.04. The molecule has 0 radical (unpaired) electrons. The monoisotopic (exact) mass is 258 g/mol. The number of hydrogen-bond donors (Lipinski definition) is 3. The highest BCUT2D eigenvalue weighted by Gasteiger charge is 2.19. The smallest absolute Gasteiger partial charge is 0.240 e. The molecule has 4 N–H and O–H groups in total. The molecule has 6 heteroatoms. The molecule has 0 aliphatic carbocycles. The normalized spacial score (nSPS) is 15.6. The maximum absolute atomic E-state index is 11.6. The van der Waals surface area contributed by atoms with Gasteiger partial charge in [-0.1, -0.05) is 6.07 Å². The van der Waals surface area contributed by atoms with Gasteiger partial charge in [0.1, 0.15) is 0 Å². The van der Waals surface area contributed by atoms with E-state index in [1.54, 1.807) is 19.9 Å². The van der Waals surface area contributed by atoms with Crippen LogP contribution >= 0.6 is 0 Å². The molecule has 96 valence electrons. The lowest BCUT2D eigenvalue weighted by atomic mass is 9.99. The Morgan fingerprint density at radius 3 is 2.47 bits per heavy atom. The van der Waals surface area contributed by atoms with Gasteiger partial charge in [0, 0.05) is 6.04 Å². The van der Waals surface area contributed by atoms with E-state index in [0.717, 1.165) is 5.56 Å². The van der Waals surface area contributed by atoms with E-state index in [9.17, 15) is 13.5 Å². The zero-order valence-corrected chi connectivity index (χ0v) is 11.0. The lowest BCUT2D eigenvalue weighted by molar-refractivity contribution is 0.152. The molecule has 0 aliphatic rings. The van der Waals surface area contributed by atoms with Crippen molar-refractivity contribution in [1.82, 2.24) is 4.72 Å². The van der Waals surface area contributed by atoms with Crippen LogP contribution in [0.3, 0.4) is 0 Å². The summed E-state index contributed by atoms with van der Waals surface area (Å²) < 4.78 is 25.5. The highest BCUT2D eigenvalue weighted by molar-refractivity contribution is 7.89. The number of aliphatic hydroxyl groups is 1. The van der Waals surface area contributed by atoms with Crippen molar-refractivity contribution in [2.24, 2.45) is 5.73 Å². The highest BCUT2D eigenvalue weighted by atomic mass is 32.2. The Kier molecular flexibility index (Phi) is 4.26. The summed E-state index contributed by atoms with van der Waals surface area (Å²) >= 11 is 0. The Labute approximate surface area is 102 Å². The summed E-state index contributed by atoms with van der Waals surface area (Å²) in [4.78, 5) is 0.125. The number of nitrogens with two attached hydrogens (primary N) is 1. The van der Waals surface area contributed by atoms with Crippen molar-refractivity contribution in [3.63, 3.8) is 0 Å². The summed E-state index contributed by atoms with van der Waals surface area (Å²) in [7, 11) is -2.15. The Bertz CT molecular complexity index is 497. The zero-order chi connectivity index (χ0) is 13.2. The SMILES string of the molecule is CNS(=O)(=O)c1ccc(C)c(C(O)C(C)N)c1. The molecule has 17 heavy (non-hydrogen) atoms. The molecule has 1 rings (SSSR count). The molecule has 1 aromatic carbocycles. The van der Waals surface area contributed by atoms with Crippen molar-refractivity contribution in [3.8, 4) is 0 Å². The van der Waals surface area contributed by atoms with Crippen LogP contribution in [0.2, 0.25) is 0 Å². The van der Waals surface area contributed by atoms with Crippen molar-refractivity contribution in [3.05, 3.63) is 29.3 Å². The Morgan fingerprint density at radius 1 is 1.41 bits per heavy atom. The quantitative estimate of drug-likeness (QED) is 0.723. The average molecular weight is 258 g/mol. The topological polar surface area (TPSA) is 92.4 Å². The standard InChI is InChI=1S/C11H18N2O3S/c1-7-4-5-9(17(15,16)13-3)6-10(7)11(14)8(2)12/h4-6,8,11,13-14H,12H2,1-3H3. The summed E-state index contributed by atoms with van der Waals surface area (Å²) in [6.07, 6.45) is -0.873. The molecule has 0 fully saturated rings. The van der Waals surface area contributed by atoms with Crippen LogP contribution in [0.5, 0.6) is 0 Å². The van der Waals surface area contributed by atoms with E-state index in [2.05, 4.69) is 4.72 Å². The lowest BCUT2D eigenvalue weighted by Crippen LogP contribution is -2.25. The number of benzene rings is 1. The lowest BCUT2D eigenvalue weighted by Gasteiger charge is -2.18. The van der Waals surface area contributed by atoms with E-state index in [4.69, 9.17) is 5.73 Å². The second-order valence-corrected chi connectivity index (χ2v) is 5.92. The van der Waals surface area contributed by atoms with Crippen LogP contribution in [0.25, 0.3) is 0 Å². The molecule has 0 aromatic heterocycles. The second-order valence-electron chi connectivity index (χ2n) is 4.03. The Balaban J connectivity index is 3.30. The van der Waals surface area contributed by atoms with Crippen LogP contribution in [0.4, 0.5) is 0 Å². The van der Waals surface area contributed by atoms with Gasteiger partial charge in [-0.05, 0) is 44.2 Å². The Morgan fingerprint density at radius 2 is 2.00 bits per heavy atom. The average Bonchev–Trinajstić information content (AvgIpc) is 2.28. The fraction of sp³-hybridized carbons (Fsp3) is 0.455. The van der Waals surface area contributed by atoms with Gasteiger partial charge in [0.05, 0.1) is 11.0 Å². The van der Waals surface area contributed by atoms with Crippen molar-refractivity contribution in [1.29, 1.82) is 0 Å². The molecule has 5 nitrogen and oxygen atoms in total. The van der Waals surface area contributed by atoms with Crippen molar-refractivity contribution >= 4 is 10.0 Å². The van der Waals surface area contributed by atoms with Crippen LogP contribution in [0.1, 0.15) is 24.2 Å². The molecule has 0 heterocycles. The van der Waals surface area contributed by atoms with E-state index < -0.39 is 22.2 Å². The maximum Gasteiger partial charge on any atom is 0.240 e. The first-order chi connectivity index (χ1) is 7.79. The fourth-order valence-corrected chi connectivity index (χ4v) is 2.27. The van der Waals surface area contributed by atoms with Gasteiger partial charge < -0.3 is 10.8 Å². The number of aryl methyl sites for hydroxylation is 1. The number of aliphatic hydroxyl groups excluding tert-OH is 1. The zero-order valence-electron chi connectivity index (χ0n) is 10.1. The van der Waals surface area contributed by atoms with Gasteiger partial charge in [0.15, 0.2) is 0 Å². The first kappa shape index (κ1) is 14.1. The molecule has 1 aromatic rings. The van der Waals surface area contributed by atoms with Crippen LogP contribution in [0, 0.1) is 6.92 Å². The molecule has 0 saturated heterocycles. The van der Waals surface area contributed by atoms with E-state index in [1.807, 2.05) is 0 Å². The van der Waals surface area contributed by atoms with E-state index in [1.165, 1.54) is 19.2 Å². The van der Waals surface area contributed by atoms with E-state index >= 15 is 0 Å². The Hall–Kier alpha value is -0.950. The predicted octanol–water partition coefficient (Wildman–Crippen LogP) is 0.284. The van der Waals surface area contributed by atoms with E-state index in [0.29, 0.717) is 5.56 Å². The first-order valence-electron chi connectivity index (χ1n) is 5.27.